The molecule has 1 amide bonds. The van der Waals surface area contributed by atoms with Crippen LogP contribution in [0.2, 0.25) is 5.02 Å². The average molecular weight is 518 g/mol. The molecule has 0 heterocycles. The highest BCUT2D eigenvalue weighted by Crippen LogP contribution is 2.25. The molecule has 0 radical (unpaired) electrons. The van der Waals surface area contributed by atoms with E-state index in [1.54, 1.807) is 6.92 Å². The fraction of sp³-hybridized carbons (Fsp3) is 0.300. The Balaban J connectivity index is 2.23. The number of amides is 1. The normalized spacial score (nSPS) is 11.8. The molecule has 10 nitrogen and oxygen atoms in total. The quantitative estimate of drug-likeness (QED) is 0.504. The van der Waals surface area contributed by atoms with Gasteiger partial charge < -0.3 is 10.1 Å². The first-order valence-electron chi connectivity index (χ1n) is 9.54. The topological polar surface area (TPSA) is 130 Å². The van der Waals surface area contributed by atoms with Gasteiger partial charge in [0.1, 0.15) is 6.54 Å². The number of benzene rings is 2. The summed E-state index contributed by atoms with van der Waals surface area (Å²) in [6.07, 6.45) is 0.922. The SMILES string of the molecule is CCOC(=O)c1ccc(NC(=O)CN(c2ccc(S(=O)(=O)N(C)C)cc2)S(C)(=O)=O)c(Cl)c1. The van der Waals surface area contributed by atoms with Crippen LogP contribution in [-0.4, -0.2) is 66.5 Å². The maximum atomic E-state index is 12.6. The lowest BCUT2D eigenvalue weighted by atomic mass is 10.2. The van der Waals surface area contributed by atoms with Crippen LogP contribution in [0.3, 0.4) is 0 Å². The van der Waals surface area contributed by atoms with Gasteiger partial charge in [-0.3, -0.25) is 9.10 Å². The third kappa shape index (κ3) is 6.67. The van der Waals surface area contributed by atoms with E-state index >= 15 is 0 Å². The number of hydrogen-bond donors (Lipinski definition) is 1. The fourth-order valence-electron chi connectivity index (χ4n) is 2.67. The molecule has 0 atom stereocenters. The summed E-state index contributed by atoms with van der Waals surface area (Å²) in [6.45, 7) is 1.27. The molecule has 2 aromatic rings. The van der Waals surface area contributed by atoms with Crippen LogP contribution in [0.15, 0.2) is 47.4 Å². The number of nitrogens with one attached hydrogen (secondary N) is 1. The van der Waals surface area contributed by atoms with Gasteiger partial charge in [-0.05, 0) is 49.4 Å². The predicted molar refractivity (Wildman–Crippen MR) is 126 cm³/mol. The fourth-order valence-corrected chi connectivity index (χ4v) is 4.66. The second-order valence-corrected chi connectivity index (χ2v) is 11.5. The molecule has 33 heavy (non-hydrogen) atoms. The van der Waals surface area contributed by atoms with Gasteiger partial charge >= 0.3 is 5.97 Å². The van der Waals surface area contributed by atoms with E-state index in [0.29, 0.717) is 0 Å². The summed E-state index contributed by atoms with van der Waals surface area (Å²) in [4.78, 5) is 24.3. The molecule has 0 aliphatic heterocycles. The van der Waals surface area contributed by atoms with Gasteiger partial charge in [-0.1, -0.05) is 11.6 Å². The summed E-state index contributed by atoms with van der Waals surface area (Å²) in [5.41, 5.74) is 0.482. The van der Waals surface area contributed by atoms with Crippen molar-refractivity contribution in [2.75, 3.05) is 43.1 Å². The third-order valence-corrected chi connectivity index (χ3v) is 7.63. The van der Waals surface area contributed by atoms with Crippen LogP contribution in [0.4, 0.5) is 11.4 Å². The zero-order valence-corrected chi connectivity index (χ0v) is 20.8. The van der Waals surface area contributed by atoms with Crippen molar-refractivity contribution in [3.8, 4) is 0 Å². The number of nitrogens with zero attached hydrogens (tertiary/aromatic N) is 2. The number of rotatable bonds is 9. The Kier molecular flexibility index (Phi) is 8.46. The first-order valence-corrected chi connectivity index (χ1v) is 13.2. The van der Waals surface area contributed by atoms with Crippen molar-refractivity contribution < 1.29 is 31.2 Å². The van der Waals surface area contributed by atoms with E-state index in [-0.39, 0.29) is 33.5 Å². The van der Waals surface area contributed by atoms with E-state index in [9.17, 15) is 26.4 Å². The smallest absolute Gasteiger partial charge is 0.338 e. The van der Waals surface area contributed by atoms with E-state index in [1.807, 2.05) is 0 Å². The molecule has 0 unspecified atom stereocenters. The van der Waals surface area contributed by atoms with Crippen LogP contribution in [0, 0.1) is 0 Å². The van der Waals surface area contributed by atoms with Crippen LogP contribution in [0.1, 0.15) is 17.3 Å². The maximum Gasteiger partial charge on any atom is 0.338 e. The van der Waals surface area contributed by atoms with Crippen molar-refractivity contribution in [2.24, 2.45) is 0 Å². The number of halogens is 1. The largest absolute Gasteiger partial charge is 0.462 e. The molecule has 2 rings (SSSR count). The molecule has 1 N–H and O–H groups in total. The molecule has 0 bridgehead atoms. The monoisotopic (exact) mass is 517 g/mol. The van der Waals surface area contributed by atoms with E-state index in [0.717, 1.165) is 14.9 Å². The number of carbonyl (C=O) groups is 2. The van der Waals surface area contributed by atoms with Crippen molar-refractivity contribution in [3.63, 3.8) is 0 Å². The Morgan fingerprint density at radius 1 is 1.03 bits per heavy atom. The highest BCUT2D eigenvalue weighted by atomic mass is 35.5. The molecular weight excluding hydrogens is 494 g/mol. The molecule has 2 aromatic carbocycles. The first-order chi connectivity index (χ1) is 15.3. The van der Waals surface area contributed by atoms with Crippen molar-refractivity contribution in [1.82, 2.24) is 4.31 Å². The van der Waals surface area contributed by atoms with Gasteiger partial charge in [0, 0.05) is 14.1 Å². The van der Waals surface area contributed by atoms with E-state index in [4.69, 9.17) is 16.3 Å². The van der Waals surface area contributed by atoms with E-state index in [1.165, 1.54) is 56.6 Å². The van der Waals surface area contributed by atoms with Crippen molar-refractivity contribution >= 4 is 54.9 Å². The third-order valence-electron chi connectivity index (χ3n) is 4.35. The molecule has 13 heteroatoms. The van der Waals surface area contributed by atoms with Gasteiger partial charge in [-0.2, -0.15) is 0 Å². The number of anilines is 2. The Labute approximate surface area is 198 Å². The lowest BCUT2D eigenvalue weighted by Gasteiger charge is -2.22. The highest BCUT2D eigenvalue weighted by molar-refractivity contribution is 7.92. The van der Waals surface area contributed by atoms with E-state index < -0.39 is 38.5 Å². The standard InChI is InChI=1S/C20H24ClN3O7S2/c1-5-31-20(26)14-6-11-18(17(21)12-14)22-19(25)13-24(32(4,27)28)15-7-9-16(10-8-15)33(29,30)23(2)3/h6-12H,5,13H2,1-4H3,(H,22,25). The van der Waals surface area contributed by atoms with Gasteiger partial charge in [-0.25, -0.2) is 25.9 Å². The summed E-state index contributed by atoms with van der Waals surface area (Å²) in [6, 6.07) is 9.25. The average Bonchev–Trinajstić information content (AvgIpc) is 2.72. The highest BCUT2D eigenvalue weighted by Gasteiger charge is 2.23. The van der Waals surface area contributed by atoms with Gasteiger partial charge in [0.2, 0.25) is 26.0 Å². The first kappa shape index (κ1) is 26.6. The molecular formula is C20H24ClN3O7S2. The maximum absolute atomic E-state index is 12.6. The Morgan fingerprint density at radius 3 is 2.12 bits per heavy atom. The molecule has 0 aliphatic rings. The Hall–Kier alpha value is -2.67. The lowest BCUT2D eigenvalue weighted by molar-refractivity contribution is -0.114. The molecule has 0 saturated heterocycles. The van der Waals surface area contributed by atoms with Gasteiger partial charge in [0.05, 0.1) is 39.7 Å². The summed E-state index contributed by atoms with van der Waals surface area (Å²) in [5, 5.41) is 2.57. The zero-order chi connectivity index (χ0) is 25.0. The minimum Gasteiger partial charge on any atom is -0.462 e. The van der Waals surface area contributed by atoms with Crippen molar-refractivity contribution in [2.45, 2.75) is 11.8 Å². The summed E-state index contributed by atoms with van der Waals surface area (Å²) >= 11 is 6.13. The number of carbonyl (C=O) groups excluding carboxylic acids is 2. The van der Waals surface area contributed by atoms with Crippen LogP contribution >= 0.6 is 11.6 Å². The summed E-state index contributed by atoms with van der Waals surface area (Å²) in [5.74, 6) is -1.27. The lowest BCUT2D eigenvalue weighted by Crippen LogP contribution is -2.37. The van der Waals surface area contributed by atoms with Gasteiger partial charge in [0.15, 0.2) is 0 Å². The van der Waals surface area contributed by atoms with Gasteiger partial charge in [0.25, 0.3) is 0 Å². The Morgan fingerprint density at radius 2 is 1.64 bits per heavy atom. The molecule has 0 aliphatic carbocycles. The number of sulfonamides is 2. The molecule has 0 spiro atoms. The minimum atomic E-state index is -3.89. The van der Waals surface area contributed by atoms with Crippen LogP contribution in [0.5, 0.6) is 0 Å². The number of hydrogen-bond acceptors (Lipinski definition) is 7. The molecule has 0 aromatic heterocycles. The predicted octanol–water partition coefficient (Wildman–Crippen LogP) is 2.17. The molecule has 0 saturated carbocycles. The number of esters is 1. The van der Waals surface area contributed by atoms with Crippen LogP contribution in [-0.2, 0) is 29.6 Å². The van der Waals surface area contributed by atoms with Crippen LogP contribution in [0.25, 0.3) is 0 Å². The van der Waals surface area contributed by atoms with E-state index in [2.05, 4.69) is 5.32 Å². The Bertz CT molecular complexity index is 1240. The molecule has 0 fully saturated rings. The summed E-state index contributed by atoms with van der Waals surface area (Å²) in [7, 11) is -4.83. The zero-order valence-electron chi connectivity index (χ0n) is 18.4. The second kappa shape index (κ2) is 10.5. The molecule has 180 valence electrons. The van der Waals surface area contributed by atoms with Crippen LogP contribution < -0.4 is 9.62 Å². The minimum absolute atomic E-state index is 0.0253. The van der Waals surface area contributed by atoms with Crippen molar-refractivity contribution in [3.05, 3.63) is 53.1 Å². The van der Waals surface area contributed by atoms with Gasteiger partial charge in [-0.15, -0.1) is 0 Å². The van der Waals surface area contributed by atoms with Crippen molar-refractivity contribution in [1.29, 1.82) is 0 Å². The summed E-state index contributed by atoms with van der Waals surface area (Å²) < 4.78 is 55.8. The number of ether oxygens (including phenoxy) is 1. The second-order valence-electron chi connectivity index (χ2n) is 7.01.